The first-order valence-corrected chi connectivity index (χ1v) is 16.3. The molecule has 0 unspecified atom stereocenters. The maximum atomic E-state index is 14.3. The van der Waals surface area contributed by atoms with Gasteiger partial charge in [0.2, 0.25) is 11.8 Å². The minimum atomic E-state index is -1.30. The lowest BCUT2D eigenvalue weighted by Crippen LogP contribution is -2.65. The van der Waals surface area contributed by atoms with Gasteiger partial charge in [0.05, 0.1) is 28.4 Å². The number of hydrogen-bond donors (Lipinski definition) is 4. The number of carbonyl (C=O) groups is 2. The Morgan fingerprint density at radius 2 is 1.70 bits per heavy atom. The molecule has 0 aromatic carbocycles. The van der Waals surface area contributed by atoms with Crippen molar-refractivity contribution in [3.63, 3.8) is 0 Å². The molecule has 2 amide bonds. The lowest BCUT2D eigenvalue weighted by molar-refractivity contribution is -0.142. The predicted octanol–water partition coefficient (Wildman–Crippen LogP) is 2.61. The molecule has 12 heteroatoms. The first-order chi connectivity index (χ1) is 20.0. The van der Waals surface area contributed by atoms with E-state index in [1.807, 2.05) is 34.6 Å². The molecule has 3 heterocycles. The third-order valence-corrected chi connectivity index (χ3v) is 10.6. The highest BCUT2D eigenvalue weighted by molar-refractivity contribution is 6.50. The zero-order valence-electron chi connectivity index (χ0n) is 27.5. The molecule has 4 rings (SSSR count). The second-order valence-corrected chi connectivity index (χ2v) is 14.9. The average molecular weight is 606 g/mol. The van der Waals surface area contributed by atoms with Crippen LogP contribution < -0.4 is 16.9 Å². The van der Waals surface area contributed by atoms with Gasteiger partial charge in [-0.05, 0) is 66.7 Å². The summed E-state index contributed by atoms with van der Waals surface area (Å²) in [6.45, 7) is 14.4. The Hall–Kier alpha value is -1.86. The molecule has 0 aromatic rings. The molecule has 6 N–H and O–H groups in total. The van der Waals surface area contributed by atoms with E-state index in [0.717, 1.165) is 19.3 Å². The van der Waals surface area contributed by atoms with Gasteiger partial charge in [0, 0.05) is 38.3 Å². The Balaban J connectivity index is 1.59. The van der Waals surface area contributed by atoms with Crippen molar-refractivity contribution < 1.29 is 28.7 Å². The lowest BCUT2D eigenvalue weighted by Gasteiger charge is -2.40. The first-order valence-electron chi connectivity index (χ1n) is 16.3. The summed E-state index contributed by atoms with van der Waals surface area (Å²) in [5.74, 6) is 6.55. The fourth-order valence-corrected chi connectivity index (χ4v) is 7.17. The van der Waals surface area contributed by atoms with Gasteiger partial charge in [-0.1, -0.05) is 39.0 Å². The number of carbonyl (C=O) groups excluding carboxylic acids is 2. The van der Waals surface area contributed by atoms with Crippen LogP contribution in [-0.4, -0.2) is 88.0 Å². The zero-order valence-corrected chi connectivity index (χ0v) is 27.5. The summed E-state index contributed by atoms with van der Waals surface area (Å²) >= 11 is 0. The molecule has 3 saturated heterocycles. The molecule has 4 fully saturated rings. The summed E-state index contributed by atoms with van der Waals surface area (Å²) in [5.41, 5.74) is 2.98. The fraction of sp³-hybridized carbons (Fsp3) is 0.871. The van der Waals surface area contributed by atoms with E-state index in [4.69, 9.17) is 25.6 Å². The SMILES string of the molecule is C[C@H](CC1CCCCC1)C(=O)N1C[C@@H](N(N)/C(=C\N)C(C)(C)O)C[C@H]1C(=O)NC1(B2OC(C)(C)C(C)(C)O2)CCOCC1. The number of hydrazine groups is 1. The van der Waals surface area contributed by atoms with Crippen molar-refractivity contribution in [3.05, 3.63) is 11.9 Å². The van der Waals surface area contributed by atoms with Crippen LogP contribution in [0.25, 0.3) is 0 Å². The number of aliphatic hydroxyl groups is 1. The molecule has 3 atom stereocenters. The van der Waals surface area contributed by atoms with Crippen LogP contribution >= 0.6 is 0 Å². The quantitative estimate of drug-likeness (QED) is 0.177. The maximum absolute atomic E-state index is 14.3. The summed E-state index contributed by atoms with van der Waals surface area (Å²) < 4.78 is 18.6. The predicted molar refractivity (Wildman–Crippen MR) is 166 cm³/mol. The number of amides is 2. The molecule has 1 saturated carbocycles. The minimum absolute atomic E-state index is 0.0418. The highest BCUT2D eigenvalue weighted by atomic mass is 16.7. The minimum Gasteiger partial charge on any atom is -0.403 e. The van der Waals surface area contributed by atoms with Crippen LogP contribution in [0.5, 0.6) is 0 Å². The van der Waals surface area contributed by atoms with Gasteiger partial charge >= 0.3 is 7.12 Å². The van der Waals surface area contributed by atoms with Gasteiger partial charge in [-0.25, -0.2) is 5.84 Å². The number of rotatable bonds is 9. The first kappa shape index (κ1) is 34.0. The fourth-order valence-electron chi connectivity index (χ4n) is 7.17. The van der Waals surface area contributed by atoms with Crippen molar-refractivity contribution in [2.75, 3.05) is 19.8 Å². The van der Waals surface area contributed by atoms with Crippen LogP contribution in [0, 0.1) is 11.8 Å². The van der Waals surface area contributed by atoms with Gasteiger partial charge in [0.15, 0.2) is 0 Å². The van der Waals surface area contributed by atoms with E-state index in [0.29, 0.717) is 44.1 Å². The van der Waals surface area contributed by atoms with E-state index >= 15 is 0 Å². The van der Waals surface area contributed by atoms with E-state index < -0.39 is 41.4 Å². The summed E-state index contributed by atoms with van der Waals surface area (Å²) in [4.78, 5) is 30.1. The summed E-state index contributed by atoms with van der Waals surface area (Å²) in [5, 5.41) is 15.5. The lowest BCUT2D eigenvalue weighted by atomic mass is 9.59. The summed E-state index contributed by atoms with van der Waals surface area (Å²) in [6.07, 6.45) is 9.43. The highest BCUT2D eigenvalue weighted by Crippen LogP contribution is 2.42. The zero-order chi connectivity index (χ0) is 31.8. The molecule has 244 valence electrons. The van der Waals surface area contributed by atoms with E-state index in [-0.39, 0.29) is 24.3 Å². The van der Waals surface area contributed by atoms with E-state index in [2.05, 4.69) is 5.32 Å². The number of nitrogens with two attached hydrogens (primary N) is 2. The third-order valence-electron chi connectivity index (χ3n) is 10.6. The van der Waals surface area contributed by atoms with Crippen molar-refractivity contribution in [1.29, 1.82) is 0 Å². The number of ether oxygens (including phenoxy) is 1. The van der Waals surface area contributed by atoms with Crippen molar-refractivity contribution in [2.24, 2.45) is 23.4 Å². The van der Waals surface area contributed by atoms with Crippen molar-refractivity contribution in [2.45, 2.75) is 141 Å². The van der Waals surface area contributed by atoms with Crippen molar-refractivity contribution in [3.8, 4) is 0 Å². The van der Waals surface area contributed by atoms with Crippen molar-refractivity contribution >= 4 is 18.9 Å². The molecule has 0 aromatic heterocycles. The van der Waals surface area contributed by atoms with Gasteiger partial charge in [0.25, 0.3) is 0 Å². The van der Waals surface area contributed by atoms with Gasteiger partial charge < -0.3 is 40.1 Å². The topological polar surface area (TPSA) is 153 Å². The van der Waals surface area contributed by atoms with Crippen LogP contribution in [0.3, 0.4) is 0 Å². The summed E-state index contributed by atoms with van der Waals surface area (Å²) in [6, 6.07) is -1.16. The number of likely N-dealkylation sites (tertiary alicyclic amines) is 1. The molecular weight excluding hydrogens is 549 g/mol. The normalized spacial score (nSPS) is 28.5. The van der Waals surface area contributed by atoms with Crippen LogP contribution in [0.4, 0.5) is 0 Å². The molecule has 3 aliphatic heterocycles. The second-order valence-electron chi connectivity index (χ2n) is 14.9. The van der Waals surface area contributed by atoms with Crippen LogP contribution in [0.15, 0.2) is 11.9 Å². The van der Waals surface area contributed by atoms with Crippen LogP contribution in [0.1, 0.15) is 106 Å². The maximum Gasteiger partial charge on any atom is 0.485 e. The molecular formula is C31H56BN5O6. The van der Waals surface area contributed by atoms with E-state index in [9.17, 15) is 14.7 Å². The van der Waals surface area contributed by atoms with Crippen LogP contribution in [-0.2, 0) is 23.6 Å². The van der Waals surface area contributed by atoms with E-state index in [1.54, 1.807) is 18.7 Å². The number of nitrogens with zero attached hydrogens (tertiary/aromatic N) is 2. The number of nitrogens with one attached hydrogen (secondary N) is 1. The highest BCUT2D eigenvalue weighted by Gasteiger charge is 2.61. The Bertz CT molecular complexity index is 1020. The Morgan fingerprint density at radius 3 is 2.23 bits per heavy atom. The van der Waals surface area contributed by atoms with Crippen molar-refractivity contribution in [1.82, 2.24) is 15.2 Å². The third kappa shape index (κ3) is 7.19. The Morgan fingerprint density at radius 1 is 1.12 bits per heavy atom. The Labute approximate surface area is 258 Å². The standard InChI is InChI=1S/C31H56BN5O6/c1-21(17-22-11-9-8-10-12-22)27(39)36-20-23(37(34)25(19-33)28(2,3)40)18-24(36)26(38)35-31(13-15-41-16-14-31)32-42-29(4,5)30(6,7)43-32/h19,21-24,40H,8-18,20,33-34H2,1-7H3,(H,35,38)/b25-19-/t21-,23+,24+/m1/s1. The second kappa shape index (κ2) is 12.9. The van der Waals surface area contributed by atoms with Gasteiger partial charge in [-0.3, -0.25) is 9.59 Å². The molecule has 4 aliphatic rings. The van der Waals surface area contributed by atoms with E-state index in [1.165, 1.54) is 30.5 Å². The molecule has 1 aliphatic carbocycles. The van der Waals surface area contributed by atoms with Gasteiger partial charge in [0.1, 0.15) is 11.6 Å². The van der Waals surface area contributed by atoms with Crippen LogP contribution in [0.2, 0.25) is 0 Å². The monoisotopic (exact) mass is 605 g/mol. The number of hydrogen-bond acceptors (Lipinski definition) is 9. The molecule has 0 radical (unpaired) electrons. The molecule has 0 bridgehead atoms. The average Bonchev–Trinajstić information content (AvgIpc) is 3.47. The van der Waals surface area contributed by atoms with Gasteiger partial charge in [-0.2, -0.15) is 0 Å². The largest absolute Gasteiger partial charge is 0.485 e. The molecule has 43 heavy (non-hydrogen) atoms. The Kier molecular flexibility index (Phi) is 10.2. The molecule has 0 spiro atoms. The summed E-state index contributed by atoms with van der Waals surface area (Å²) in [7, 11) is -0.662. The smallest absolute Gasteiger partial charge is 0.403 e. The van der Waals surface area contributed by atoms with Gasteiger partial charge in [-0.15, -0.1) is 0 Å². The molecule has 11 nitrogen and oxygen atoms in total.